The number of phenolic OH excluding ortho intramolecular Hbond substituents is 1. The Balaban J connectivity index is 1.99. The average Bonchev–Trinajstić information content (AvgIpc) is 2.82. The summed E-state index contributed by atoms with van der Waals surface area (Å²) in [6, 6.07) is 5.56. The van der Waals surface area contributed by atoms with Gasteiger partial charge in [-0.1, -0.05) is 6.07 Å². The van der Waals surface area contributed by atoms with Gasteiger partial charge in [0.2, 0.25) is 10.0 Å². The van der Waals surface area contributed by atoms with Crippen molar-refractivity contribution in [3.05, 3.63) is 40.8 Å². The summed E-state index contributed by atoms with van der Waals surface area (Å²) in [6.07, 6.45) is 0.543. The predicted octanol–water partition coefficient (Wildman–Crippen LogP) is 1.37. The van der Waals surface area contributed by atoms with Crippen LogP contribution in [0.4, 0.5) is 0 Å². The van der Waals surface area contributed by atoms with Gasteiger partial charge in [-0.2, -0.15) is 0 Å². The summed E-state index contributed by atoms with van der Waals surface area (Å²) in [5, 5.41) is 11.1. The van der Waals surface area contributed by atoms with Crippen LogP contribution in [-0.2, 0) is 16.4 Å². The van der Waals surface area contributed by atoms with E-state index in [1.54, 1.807) is 5.51 Å². The maximum absolute atomic E-state index is 11.9. The first kappa shape index (κ1) is 13.0. The van der Waals surface area contributed by atoms with Gasteiger partial charge in [0.25, 0.3) is 0 Å². The van der Waals surface area contributed by atoms with Gasteiger partial charge < -0.3 is 5.11 Å². The first-order valence-corrected chi connectivity index (χ1v) is 7.66. The quantitative estimate of drug-likeness (QED) is 0.869. The molecule has 0 unspecified atom stereocenters. The molecule has 0 aliphatic rings. The van der Waals surface area contributed by atoms with E-state index in [2.05, 4.69) is 9.71 Å². The van der Waals surface area contributed by atoms with Crippen LogP contribution in [0.3, 0.4) is 0 Å². The van der Waals surface area contributed by atoms with Crippen LogP contribution in [0.5, 0.6) is 5.75 Å². The van der Waals surface area contributed by atoms with E-state index in [0.717, 1.165) is 5.69 Å². The second kappa shape index (κ2) is 5.47. The van der Waals surface area contributed by atoms with Crippen LogP contribution in [0.25, 0.3) is 0 Å². The van der Waals surface area contributed by atoms with Crippen molar-refractivity contribution in [2.45, 2.75) is 11.3 Å². The predicted molar refractivity (Wildman–Crippen MR) is 69.1 cm³/mol. The fourth-order valence-electron chi connectivity index (χ4n) is 1.41. The molecule has 2 N–H and O–H groups in total. The van der Waals surface area contributed by atoms with Gasteiger partial charge in [0.05, 0.1) is 16.1 Å². The summed E-state index contributed by atoms with van der Waals surface area (Å²) in [7, 11) is -3.57. The molecule has 0 radical (unpaired) electrons. The minimum atomic E-state index is -3.57. The highest BCUT2D eigenvalue weighted by molar-refractivity contribution is 7.89. The van der Waals surface area contributed by atoms with Crippen LogP contribution in [0.15, 0.2) is 40.1 Å². The normalized spacial score (nSPS) is 11.6. The summed E-state index contributed by atoms with van der Waals surface area (Å²) < 4.78 is 26.2. The van der Waals surface area contributed by atoms with Crippen molar-refractivity contribution in [2.24, 2.45) is 0 Å². The molecule has 0 bridgehead atoms. The molecule has 1 aromatic carbocycles. The largest absolute Gasteiger partial charge is 0.508 e. The van der Waals surface area contributed by atoms with Crippen molar-refractivity contribution in [3.8, 4) is 5.75 Å². The second-order valence-electron chi connectivity index (χ2n) is 3.62. The SMILES string of the molecule is O=S(=O)(NCCc1cscn1)c1cccc(O)c1. The van der Waals surface area contributed by atoms with E-state index in [1.807, 2.05) is 5.38 Å². The Kier molecular flexibility index (Phi) is 3.95. The molecule has 0 aliphatic heterocycles. The van der Waals surface area contributed by atoms with Crippen molar-refractivity contribution in [1.82, 2.24) is 9.71 Å². The topological polar surface area (TPSA) is 79.3 Å². The van der Waals surface area contributed by atoms with E-state index >= 15 is 0 Å². The number of nitrogens with one attached hydrogen (secondary N) is 1. The van der Waals surface area contributed by atoms with Crippen molar-refractivity contribution in [2.75, 3.05) is 6.54 Å². The third-order valence-corrected chi connectivity index (χ3v) is 4.38. The van der Waals surface area contributed by atoms with E-state index < -0.39 is 10.0 Å². The molecule has 18 heavy (non-hydrogen) atoms. The standard InChI is InChI=1S/C11H12N2O3S2/c14-10-2-1-3-11(6-10)18(15,16)13-5-4-9-7-17-8-12-9/h1-3,6-8,13-14H,4-5H2. The van der Waals surface area contributed by atoms with Gasteiger partial charge in [-0.25, -0.2) is 18.1 Å². The molecule has 5 nitrogen and oxygen atoms in total. The first-order valence-electron chi connectivity index (χ1n) is 5.24. The number of hydrogen-bond acceptors (Lipinski definition) is 5. The van der Waals surface area contributed by atoms with E-state index in [1.165, 1.54) is 35.6 Å². The van der Waals surface area contributed by atoms with Crippen molar-refractivity contribution in [3.63, 3.8) is 0 Å². The molecule has 0 atom stereocenters. The molecule has 0 aliphatic carbocycles. The molecule has 0 spiro atoms. The number of nitrogens with zero attached hydrogens (tertiary/aromatic N) is 1. The molecule has 2 rings (SSSR count). The van der Waals surface area contributed by atoms with E-state index in [9.17, 15) is 13.5 Å². The Morgan fingerprint density at radius 1 is 1.39 bits per heavy atom. The fraction of sp³-hybridized carbons (Fsp3) is 0.182. The number of aromatic hydroxyl groups is 1. The van der Waals surface area contributed by atoms with Gasteiger partial charge in [-0.15, -0.1) is 11.3 Å². The number of aromatic nitrogens is 1. The first-order chi connectivity index (χ1) is 8.58. The molecular formula is C11H12N2O3S2. The summed E-state index contributed by atoms with van der Waals surface area (Å²) in [5.41, 5.74) is 2.57. The lowest BCUT2D eigenvalue weighted by Gasteiger charge is -2.06. The van der Waals surface area contributed by atoms with Crippen molar-refractivity contribution < 1.29 is 13.5 Å². The summed E-state index contributed by atoms with van der Waals surface area (Å²) in [5.74, 6) is -0.0719. The molecular weight excluding hydrogens is 272 g/mol. The van der Waals surface area contributed by atoms with Gasteiger partial charge in [0.1, 0.15) is 5.75 Å². The average molecular weight is 284 g/mol. The van der Waals surface area contributed by atoms with E-state index in [-0.39, 0.29) is 17.2 Å². The number of sulfonamides is 1. The fourth-order valence-corrected chi connectivity index (χ4v) is 3.07. The molecule has 2 aromatic rings. The molecule has 96 valence electrons. The highest BCUT2D eigenvalue weighted by atomic mass is 32.2. The van der Waals surface area contributed by atoms with Gasteiger partial charge in [0.15, 0.2) is 0 Å². The van der Waals surface area contributed by atoms with Crippen LogP contribution in [0, 0.1) is 0 Å². The van der Waals surface area contributed by atoms with Crippen LogP contribution in [-0.4, -0.2) is 25.1 Å². The lowest BCUT2D eigenvalue weighted by Crippen LogP contribution is -2.26. The molecule has 0 saturated carbocycles. The van der Waals surface area contributed by atoms with Gasteiger partial charge in [-0.05, 0) is 18.2 Å². The van der Waals surface area contributed by atoms with Crippen LogP contribution >= 0.6 is 11.3 Å². The van der Waals surface area contributed by atoms with Gasteiger partial charge in [-0.3, -0.25) is 0 Å². The molecule has 0 fully saturated rings. The van der Waals surface area contributed by atoms with Gasteiger partial charge >= 0.3 is 0 Å². The molecule has 7 heteroatoms. The summed E-state index contributed by atoms with van der Waals surface area (Å²) in [4.78, 5) is 4.12. The van der Waals surface area contributed by atoms with Crippen LogP contribution < -0.4 is 4.72 Å². The Hall–Kier alpha value is -1.44. The number of hydrogen-bond donors (Lipinski definition) is 2. The number of thiazole rings is 1. The van der Waals surface area contributed by atoms with E-state index in [0.29, 0.717) is 6.42 Å². The maximum Gasteiger partial charge on any atom is 0.240 e. The van der Waals surface area contributed by atoms with Crippen LogP contribution in [0.1, 0.15) is 5.69 Å². The van der Waals surface area contributed by atoms with E-state index in [4.69, 9.17) is 0 Å². The second-order valence-corrected chi connectivity index (χ2v) is 6.11. The maximum atomic E-state index is 11.9. The van der Waals surface area contributed by atoms with Crippen LogP contribution in [0.2, 0.25) is 0 Å². The monoisotopic (exact) mass is 284 g/mol. The molecule has 0 amide bonds. The lowest BCUT2D eigenvalue weighted by atomic mass is 10.3. The lowest BCUT2D eigenvalue weighted by molar-refractivity contribution is 0.473. The number of rotatable bonds is 5. The molecule has 1 aromatic heterocycles. The molecule has 1 heterocycles. The third-order valence-electron chi connectivity index (χ3n) is 2.28. The number of benzene rings is 1. The smallest absolute Gasteiger partial charge is 0.240 e. The zero-order valence-electron chi connectivity index (χ0n) is 9.41. The minimum absolute atomic E-state index is 0.0563. The molecule has 0 saturated heterocycles. The van der Waals surface area contributed by atoms with Crippen molar-refractivity contribution >= 4 is 21.4 Å². The Labute approximate surface area is 109 Å². The minimum Gasteiger partial charge on any atom is -0.508 e. The summed E-state index contributed by atoms with van der Waals surface area (Å²) >= 11 is 1.47. The highest BCUT2D eigenvalue weighted by Crippen LogP contribution is 2.15. The zero-order chi connectivity index (χ0) is 13.0. The Bertz CT molecular complexity index is 609. The summed E-state index contributed by atoms with van der Waals surface area (Å²) in [6.45, 7) is 0.279. The van der Waals surface area contributed by atoms with Crippen molar-refractivity contribution in [1.29, 1.82) is 0 Å². The zero-order valence-corrected chi connectivity index (χ0v) is 11.0. The number of phenols is 1. The third kappa shape index (κ3) is 3.28. The Morgan fingerprint density at radius 2 is 2.22 bits per heavy atom. The highest BCUT2D eigenvalue weighted by Gasteiger charge is 2.13. The Morgan fingerprint density at radius 3 is 2.89 bits per heavy atom. The van der Waals surface area contributed by atoms with Gasteiger partial charge in [0, 0.05) is 18.3 Å².